The van der Waals surface area contributed by atoms with Crippen LogP contribution in [-0.2, 0) is 9.47 Å². The zero-order valence-corrected chi connectivity index (χ0v) is 7.97. The fourth-order valence-corrected chi connectivity index (χ4v) is 1.51. The zero-order valence-electron chi connectivity index (χ0n) is 7.97. The van der Waals surface area contributed by atoms with Crippen molar-refractivity contribution in [3.05, 3.63) is 35.4 Å². The fourth-order valence-electron chi connectivity index (χ4n) is 1.51. The van der Waals surface area contributed by atoms with Gasteiger partial charge in [-0.2, -0.15) is 0 Å². The molecule has 1 aliphatic heterocycles. The van der Waals surface area contributed by atoms with Crippen LogP contribution in [0.15, 0.2) is 24.3 Å². The Morgan fingerprint density at radius 1 is 1.43 bits per heavy atom. The van der Waals surface area contributed by atoms with E-state index in [0.717, 1.165) is 11.8 Å². The van der Waals surface area contributed by atoms with Gasteiger partial charge in [-0.25, -0.2) is 0 Å². The quantitative estimate of drug-likeness (QED) is 0.672. The van der Waals surface area contributed by atoms with Gasteiger partial charge in [-0.05, 0) is 6.92 Å². The van der Waals surface area contributed by atoms with Crippen LogP contribution in [0.2, 0.25) is 0 Å². The van der Waals surface area contributed by atoms with Gasteiger partial charge in [0.25, 0.3) is 0 Å². The average molecular weight is 192 g/mol. The highest BCUT2D eigenvalue weighted by molar-refractivity contribution is 5.77. The minimum absolute atomic E-state index is 0.0970. The molecule has 1 aromatic rings. The van der Waals surface area contributed by atoms with Crippen LogP contribution in [0, 0.1) is 0 Å². The highest BCUT2D eigenvalue weighted by Gasteiger charge is 2.25. The van der Waals surface area contributed by atoms with Gasteiger partial charge in [-0.3, -0.25) is 4.79 Å². The van der Waals surface area contributed by atoms with Crippen LogP contribution in [-0.4, -0.2) is 19.0 Å². The Morgan fingerprint density at radius 2 is 2.21 bits per heavy atom. The predicted molar refractivity (Wildman–Crippen MR) is 51.1 cm³/mol. The van der Waals surface area contributed by atoms with E-state index in [1.807, 2.05) is 25.1 Å². The first-order valence-electron chi connectivity index (χ1n) is 4.62. The number of rotatable bonds is 2. The van der Waals surface area contributed by atoms with Crippen molar-refractivity contribution in [3.8, 4) is 0 Å². The highest BCUT2D eigenvalue weighted by atomic mass is 16.7. The molecule has 0 spiro atoms. The summed E-state index contributed by atoms with van der Waals surface area (Å²) < 4.78 is 10.9. The molecule has 3 heteroatoms. The second-order valence-corrected chi connectivity index (χ2v) is 3.36. The van der Waals surface area contributed by atoms with Gasteiger partial charge in [0.1, 0.15) is 0 Å². The lowest BCUT2D eigenvalue weighted by atomic mass is 10.1. The van der Waals surface area contributed by atoms with Gasteiger partial charge in [-0.1, -0.05) is 24.3 Å². The lowest BCUT2D eigenvalue weighted by Crippen LogP contribution is -2.04. The Hall–Kier alpha value is -1.19. The van der Waals surface area contributed by atoms with Gasteiger partial charge >= 0.3 is 0 Å². The van der Waals surface area contributed by atoms with Crippen molar-refractivity contribution >= 4 is 6.29 Å². The van der Waals surface area contributed by atoms with Crippen molar-refractivity contribution in [3.63, 3.8) is 0 Å². The van der Waals surface area contributed by atoms with E-state index in [-0.39, 0.29) is 12.4 Å². The maximum Gasteiger partial charge on any atom is 0.185 e. The molecule has 2 unspecified atom stereocenters. The van der Waals surface area contributed by atoms with E-state index < -0.39 is 0 Å². The molecular weight excluding hydrogens is 180 g/mol. The molecule has 2 atom stereocenters. The Morgan fingerprint density at radius 3 is 2.86 bits per heavy atom. The molecule has 0 saturated carbocycles. The molecule has 1 aromatic carbocycles. The minimum atomic E-state index is -0.383. The van der Waals surface area contributed by atoms with Crippen LogP contribution >= 0.6 is 0 Å². The van der Waals surface area contributed by atoms with Crippen molar-refractivity contribution in [2.45, 2.75) is 19.3 Å². The van der Waals surface area contributed by atoms with E-state index >= 15 is 0 Å². The first kappa shape index (κ1) is 9.37. The Kier molecular flexibility index (Phi) is 2.61. The highest BCUT2D eigenvalue weighted by Crippen LogP contribution is 2.28. The first-order chi connectivity index (χ1) is 6.81. The molecule has 2 rings (SSSR count). The maximum absolute atomic E-state index is 10.8. The van der Waals surface area contributed by atoms with Crippen LogP contribution < -0.4 is 0 Å². The molecule has 0 radical (unpaired) electrons. The van der Waals surface area contributed by atoms with Gasteiger partial charge in [0.15, 0.2) is 12.6 Å². The van der Waals surface area contributed by atoms with Gasteiger partial charge < -0.3 is 9.47 Å². The van der Waals surface area contributed by atoms with Crippen LogP contribution in [0.1, 0.15) is 29.1 Å². The van der Waals surface area contributed by atoms with E-state index in [4.69, 9.17) is 9.47 Å². The zero-order chi connectivity index (χ0) is 9.97. The number of hydrogen-bond acceptors (Lipinski definition) is 3. The molecule has 74 valence electrons. The summed E-state index contributed by atoms with van der Waals surface area (Å²) in [6.07, 6.45) is 0.538. The molecule has 3 nitrogen and oxygen atoms in total. The lowest BCUT2D eigenvalue weighted by molar-refractivity contribution is -0.0574. The smallest absolute Gasteiger partial charge is 0.185 e. The van der Waals surface area contributed by atoms with Crippen LogP contribution in [0.5, 0.6) is 0 Å². The third-order valence-corrected chi connectivity index (χ3v) is 2.22. The van der Waals surface area contributed by atoms with E-state index in [9.17, 15) is 4.79 Å². The molecular formula is C11H12O3. The summed E-state index contributed by atoms with van der Waals surface area (Å²) in [4.78, 5) is 10.8. The third kappa shape index (κ3) is 1.69. The van der Waals surface area contributed by atoms with Crippen molar-refractivity contribution in [2.75, 3.05) is 6.61 Å². The summed E-state index contributed by atoms with van der Waals surface area (Å²) in [5, 5.41) is 0. The van der Waals surface area contributed by atoms with Gasteiger partial charge in [-0.15, -0.1) is 0 Å². The van der Waals surface area contributed by atoms with Crippen molar-refractivity contribution < 1.29 is 14.3 Å². The summed E-state index contributed by atoms with van der Waals surface area (Å²) >= 11 is 0. The number of hydrogen-bond donors (Lipinski definition) is 0. The largest absolute Gasteiger partial charge is 0.346 e. The number of ether oxygens (including phenoxy) is 2. The monoisotopic (exact) mass is 192 g/mol. The van der Waals surface area contributed by atoms with Crippen molar-refractivity contribution in [2.24, 2.45) is 0 Å². The molecule has 0 aromatic heterocycles. The molecule has 1 aliphatic rings. The fraction of sp³-hybridized carbons (Fsp3) is 0.364. The second-order valence-electron chi connectivity index (χ2n) is 3.36. The van der Waals surface area contributed by atoms with Gasteiger partial charge in [0, 0.05) is 11.1 Å². The van der Waals surface area contributed by atoms with Crippen molar-refractivity contribution in [1.29, 1.82) is 0 Å². The van der Waals surface area contributed by atoms with Crippen molar-refractivity contribution in [1.82, 2.24) is 0 Å². The van der Waals surface area contributed by atoms with Gasteiger partial charge in [0.05, 0.1) is 12.7 Å². The number of carbonyl (C=O) groups is 1. The summed E-state index contributed by atoms with van der Waals surface area (Å²) in [6, 6.07) is 7.31. The topological polar surface area (TPSA) is 35.5 Å². The predicted octanol–water partition coefficient (Wildman–Crippen LogP) is 1.93. The van der Waals surface area contributed by atoms with E-state index in [1.54, 1.807) is 6.07 Å². The second kappa shape index (κ2) is 3.90. The molecule has 0 amide bonds. The Balaban J connectivity index is 2.27. The van der Waals surface area contributed by atoms with Crippen LogP contribution in [0.25, 0.3) is 0 Å². The summed E-state index contributed by atoms with van der Waals surface area (Å²) in [5.74, 6) is 0. The SMILES string of the molecule is CC1COC(c2ccccc2C=O)O1. The number of benzene rings is 1. The maximum atomic E-state index is 10.8. The van der Waals surface area contributed by atoms with E-state index in [2.05, 4.69) is 0 Å². The first-order valence-corrected chi connectivity index (χ1v) is 4.62. The molecule has 1 fully saturated rings. The third-order valence-electron chi connectivity index (χ3n) is 2.22. The molecule has 14 heavy (non-hydrogen) atoms. The lowest BCUT2D eigenvalue weighted by Gasteiger charge is -2.11. The Bertz CT molecular complexity index is 335. The molecule has 0 N–H and O–H groups in total. The summed E-state index contributed by atoms with van der Waals surface area (Å²) in [6.45, 7) is 2.53. The number of aldehydes is 1. The molecule has 0 bridgehead atoms. The summed E-state index contributed by atoms with van der Waals surface area (Å²) in [7, 11) is 0. The van der Waals surface area contributed by atoms with Crippen LogP contribution in [0.4, 0.5) is 0 Å². The van der Waals surface area contributed by atoms with E-state index in [1.165, 1.54) is 0 Å². The Labute approximate surface area is 82.6 Å². The molecule has 0 aliphatic carbocycles. The van der Waals surface area contributed by atoms with Crippen LogP contribution in [0.3, 0.4) is 0 Å². The normalized spacial score (nSPS) is 26.4. The van der Waals surface area contributed by atoms with Gasteiger partial charge in [0.2, 0.25) is 0 Å². The summed E-state index contributed by atoms with van der Waals surface area (Å²) in [5.41, 5.74) is 1.44. The minimum Gasteiger partial charge on any atom is -0.346 e. The number of carbonyl (C=O) groups excluding carboxylic acids is 1. The average Bonchev–Trinajstić information content (AvgIpc) is 2.65. The molecule has 1 saturated heterocycles. The standard InChI is InChI=1S/C11H12O3/c1-8-7-13-11(14-8)10-5-3-2-4-9(10)6-12/h2-6,8,11H,7H2,1H3. The molecule has 1 heterocycles. The van der Waals surface area contributed by atoms with E-state index in [0.29, 0.717) is 12.2 Å².